The van der Waals surface area contributed by atoms with Gasteiger partial charge >= 0.3 is 156 Å². The van der Waals surface area contributed by atoms with Gasteiger partial charge in [-0.1, -0.05) is 0 Å². The summed E-state index contributed by atoms with van der Waals surface area (Å²) in [5, 5.41) is 1.24. The normalized spacial score (nSPS) is 17.4. The molecule has 0 N–H and O–H groups in total. The molecule has 0 bridgehead atoms. The van der Waals surface area contributed by atoms with Crippen LogP contribution in [0.25, 0.3) is 16.1 Å². The Kier molecular flexibility index (Phi) is 4.97. The van der Waals surface area contributed by atoms with E-state index in [1.54, 1.807) is 4.47 Å². The van der Waals surface area contributed by atoms with E-state index in [4.69, 9.17) is 0 Å². The number of benzene rings is 3. The Morgan fingerprint density at radius 3 is 1.88 bits per heavy atom. The minimum atomic E-state index is 0.498. The van der Waals surface area contributed by atoms with Gasteiger partial charge in [0.15, 0.2) is 0 Å². The fourth-order valence-electron chi connectivity index (χ4n) is 3.24. The van der Waals surface area contributed by atoms with E-state index in [2.05, 4.69) is 103 Å². The van der Waals surface area contributed by atoms with Crippen LogP contribution < -0.4 is 0 Å². The molecule has 3 aromatic carbocycles. The molecular weight excluding hydrogens is 367 g/mol. The molecule has 0 radical (unpaired) electrons. The average Bonchev–Trinajstić information content (AvgIpc) is 3.12. The first-order valence-electron chi connectivity index (χ1n) is 8.63. The standard InChI is InChI=1S/C24H20Se/c1-4-10-19(11-5-1)16-17-22-18-25-24(21-14-8-3-9-15-21)23(22)20-12-6-2-7-13-20/h1-17,22H,18H2/b17-16+. The van der Waals surface area contributed by atoms with Crippen LogP contribution in [-0.4, -0.2) is 15.0 Å². The molecule has 0 amide bonds. The Morgan fingerprint density at radius 1 is 0.680 bits per heavy atom. The fourth-order valence-corrected chi connectivity index (χ4v) is 6.07. The van der Waals surface area contributed by atoms with Gasteiger partial charge in [0.2, 0.25) is 0 Å². The first kappa shape index (κ1) is 16.1. The van der Waals surface area contributed by atoms with E-state index in [0.29, 0.717) is 20.9 Å². The molecule has 122 valence electrons. The van der Waals surface area contributed by atoms with Crippen molar-refractivity contribution in [3.8, 4) is 0 Å². The Balaban J connectivity index is 1.75. The first-order chi connectivity index (χ1) is 12.4. The molecule has 0 nitrogen and oxygen atoms in total. The molecule has 1 heteroatoms. The molecule has 1 heterocycles. The van der Waals surface area contributed by atoms with Gasteiger partial charge in [-0.05, 0) is 0 Å². The molecule has 0 aliphatic carbocycles. The van der Waals surface area contributed by atoms with E-state index in [1.165, 1.54) is 27.6 Å². The first-order valence-corrected chi connectivity index (χ1v) is 10.7. The van der Waals surface area contributed by atoms with E-state index < -0.39 is 0 Å². The Bertz CT molecular complexity index is 877. The van der Waals surface area contributed by atoms with Gasteiger partial charge in [-0.2, -0.15) is 0 Å². The number of hydrogen-bond acceptors (Lipinski definition) is 0. The Hall–Kier alpha value is -2.34. The van der Waals surface area contributed by atoms with Crippen molar-refractivity contribution in [3.63, 3.8) is 0 Å². The summed E-state index contributed by atoms with van der Waals surface area (Å²) in [6.45, 7) is 0. The quantitative estimate of drug-likeness (QED) is 0.480. The van der Waals surface area contributed by atoms with Crippen LogP contribution in [0.5, 0.6) is 0 Å². The number of hydrogen-bond donors (Lipinski definition) is 0. The molecule has 1 aliphatic rings. The third kappa shape index (κ3) is 3.69. The van der Waals surface area contributed by atoms with Crippen LogP contribution in [0.3, 0.4) is 0 Å². The average molecular weight is 387 g/mol. The van der Waals surface area contributed by atoms with Gasteiger partial charge in [-0.15, -0.1) is 0 Å². The molecule has 1 aliphatic heterocycles. The van der Waals surface area contributed by atoms with Crippen LogP contribution in [0, 0.1) is 5.92 Å². The summed E-state index contributed by atoms with van der Waals surface area (Å²) < 4.78 is 1.56. The van der Waals surface area contributed by atoms with Gasteiger partial charge in [0.05, 0.1) is 0 Å². The number of allylic oxidation sites excluding steroid dienone is 2. The van der Waals surface area contributed by atoms with Gasteiger partial charge in [-0.25, -0.2) is 0 Å². The number of rotatable bonds is 4. The van der Waals surface area contributed by atoms with Crippen molar-refractivity contribution >= 4 is 31.1 Å². The Labute approximate surface area is 156 Å². The second-order valence-electron chi connectivity index (χ2n) is 6.16. The van der Waals surface area contributed by atoms with Crippen LogP contribution in [0.2, 0.25) is 5.32 Å². The third-order valence-electron chi connectivity index (χ3n) is 4.46. The van der Waals surface area contributed by atoms with Crippen molar-refractivity contribution in [1.82, 2.24) is 0 Å². The minimum absolute atomic E-state index is 0.498. The molecule has 1 atom stereocenters. The maximum atomic E-state index is 2.40. The van der Waals surface area contributed by atoms with Gasteiger partial charge in [0, 0.05) is 0 Å². The van der Waals surface area contributed by atoms with Gasteiger partial charge in [0.1, 0.15) is 0 Å². The van der Waals surface area contributed by atoms with Gasteiger partial charge < -0.3 is 0 Å². The zero-order chi connectivity index (χ0) is 16.9. The van der Waals surface area contributed by atoms with Crippen molar-refractivity contribution in [3.05, 3.63) is 114 Å². The SMILES string of the molecule is C(=C\C1C[Se]C(c2ccccc2)=C1c1ccccc1)/c1ccccc1. The van der Waals surface area contributed by atoms with Crippen molar-refractivity contribution in [2.24, 2.45) is 5.92 Å². The zero-order valence-corrected chi connectivity index (χ0v) is 15.7. The molecule has 0 saturated heterocycles. The molecule has 0 fully saturated rings. The topological polar surface area (TPSA) is 0 Å². The Morgan fingerprint density at radius 2 is 1.24 bits per heavy atom. The molecule has 3 aromatic rings. The molecule has 0 saturated carbocycles. The van der Waals surface area contributed by atoms with Crippen molar-refractivity contribution in [2.45, 2.75) is 5.32 Å². The van der Waals surface area contributed by atoms with Gasteiger partial charge in [0.25, 0.3) is 0 Å². The van der Waals surface area contributed by atoms with Crippen LogP contribution in [0.4, 0.5) is 0 Å². The second kappa shape index (κ2) is 7.70. The third-order valence-corrected chi connectivity index (χ3v) is 7.13. The molecule has 0 spiro atoms. The van der Waals surface area contributed by atoms with Crippen LogP contribution >= 0.6 is 0 Å². The van der Waals surface area contributed by atoms with E-state index in [0.717, 1.165) is 0 Å². The van der Waals surface area contributed by atoms with E-state index in [1.807, 2.05) is 0 Å². The second-order valence-corrected chi connectivity index (χ2v) is 8.32. The van der Waals surface area contributed by atoms with Crippen LogP contribution in [-0.2, 0) is 0 Å². The van der Waals surface area contributed by atoms with E-state index in [-0.39, 0.29) is 0 Å². The summed E-state index contributed by atoms with van der Waals surface area (Å²) in [6, 6.07) is 32.4. The predicted molar refractivity (Wildman–Crippen MR) is 109 cm³/mol. The molecule has 4 rings (SSSR count). The van der Waals surface area contributed by atoms with Crippen LogP contribution in [0.1, 0.15) is 16.7 Å². The van der Waals surface area contributed by atoms with Crippen molar-refractivity contribution in [2.75, 3.05) is 0 Å². The van der Waals surface area contributed by atoms with E-state index in [9.17, 15) is 0 Å². The van der Waals surface area contributed by atoms with Gasteiger partial charge in [-0.3, -0.25) is 0 Å². The fraction of sp³-hybridized carbons (Fsp3) is 0.0833. The summed E-state index contributed by atoms with van der Waals surface area (Å²) in [5.74, 6) is 0.498. The summed E-state index contributed by atoms with van der Waals surface area (Å²) in [5.41, 5.74) is 5.54. The summed E-state index contributed by atoms with van der Waals surface area (Å²) in [7, 11) is 0. The molecular formula is C24H20Se. The zero-order valence-electron chi connectivity index (χ0n) is 14.0. The monoisotopic (exact) mass is 388 g/mol. The van der Waals surface area contributed by atoms with Crippen molar-refractivity contribution < 1.29 is 0 Å². The summed E-state index contributed by atoms with van der Waals surface area (Å²) in [4.78, 5) is 0. The van der Waals surface area contributed by atoms with Crippen molar-refractivity contribution in [1.29, 1.82) is 0 Å². The summed E-state index contributed by atoms with van der Waals surface area (Å²) in [6.07, 6.45) is 4.67. The predicted octanol–water partition coefficient (Wildman–Crippen LogP) is 6.02. The molecule has 1 unspecified atom stereocenters. The molecule has 0 aromatic heterocycles. The van der Waals surface area contributed by atoms with Crippen LogP contribution in [0.15, 0.2) is 97.1 Å². The maximum absolute atomic E-state index is 2.40. The molecule has 25 heavy (non-hydrogen) atoms. The van der Waals surface area contributed by atoms with E-state index >= 15 is 0 Å². The summed E-state index contributed by atoms with van der Waals surface area (Å²) >= 11 is 0.512.